The molecule has 122 valence electrons. The van der Waals surface area contributed by atoms with E-state index in [1.165, 1.54) is 0 Å². The largest absolute Gasteiger partial charge is 0.481 e. The van der Waals surface area contributed by atoms with E-state index in [-0.39, 0.29) is 6.42 Å². The molecule has 23 heavy (non-hydrogen) atoms. The van der Waals surface area contributed by atoms with Gasteiger partial charge in [-0.25, -0.2) is 4.79 Å². The predicted molar refractivity (Wildman–Crippen MR) is 81.8 cm³/mol. The molecule has 0 saturated carbocycles. The highest BCUT2D eigenvalue weighted by atomic mass is 16.4. The van der Waals surface area contributed by atoms with Crippen molar-refractivity contribution in [2.24, 2.45) is 5.73 Å². The van der Waals surface area contributed by atoms with Crippen molar-refractivity contribution in [3.63, 3.8) is 0 Å². The van der Waals surface area contributed by atoms with E-state index in [9.17, 15) is 19.5 Å². The second kappa shape index (κ2) is 6.93. The maximum Gasteiger partial charge on any atom is 0.326 e. The van der Waals surface area contributed by atoms with Crippen molar-refractivity contribution in [1.29, 1.82) is 0 Å². The van der Waals surface area contributed by atoms with Gasteiger partial charge >= 0.3 is 11.9 Å². The number of aromatic amines is 1. The zero-order valence-corrected chi connectivity index (χ0v) is 12.2. The van der Waals surface area contributed by atoms with Crippen LogP contribution in [0.4, 0.5) is 0 Å². The van der Waals surface area contributed by atoms with E-state index in [4.69, 9.17) is 10.8 Å². The Labute approximate surface area is 131 Å². The molecule has 0 aliphatic rings. The van der Waals surface area contributed by atoms with E-state index in [0.717, 1.165) is 10.9 Å². The number of fused-ring (bicyclic) bond motifs is 1. The summed E-state index contributed by atoms with van der Waals surface area (Å²) in [4.78, 5) is 36.7. The molecule has 1 aromatic heterocycles. The number of carboxylic acids is 2. The number of rotatable bonds is 7. The van der Waals surface area contributed by atoms with Crippen LogP contribution in [-0.2, 0) is 20.8 Å². The number of carbonyl (C=O) groups is 3. The fourth-order valence-corrected chi connectivity index (χ4v) is 2.22. The lowest BCUT2D eigenvalue weighted by molar-refractivity contribution is -0.142. The van der Waals surface area contributed by atoms with Gasteiger partial charge in [-0.1, -0.05) is 18.2 Å². The van der Waals surface area contributed by atoms with Gasteiger partial charge in [0, 0.05) is 17.6 Å². The summed E-state index contributed by atoms with van der Waals surface area (Å²) in [6.45, 7) is 0. The van der Waals surface area contributed by atoms with E-state index in [1.54, 1.807) is 6.07 Å². The van der Waals surface area contributed by atoms with Crippen LogP contribution >= 0.6 is 0 Å². The standard InChI is InChI=1S/C15H17N3O5/c16-10(7-13(19)20)14(21)18-12(15(22)23)6-9-5-8-3-1-2-4-11(8)17-9/h1-5,10,12,17H,6-7,16H2,(H,18,21)(H,19,20)(H,22,23)/t10-,12-/m0/s1. The zero-order valence-electron chi connectivity index (χ0n) is 12.2. The number of nitrogens with two attached hydrogens (primary N) is 1. The SMILES string of the molecule is N[C@@H](CC(=O)O)C(=O)N[C@@H](Cc1cc2ccccc2[nH]1)C(=O)O. The third kappa shape index (κ3) is 4.30. The van der Waals surface area contributed by atoms with Crippen LogP contribution in [-0.4, -0.2) is 45.1 Å². The highest BCUT2D eigenvalue weighted by molar-refractivity contribution is 5.89. The molecule has 0 radical (unpaired) electrons. The van der Waals surface area contributed by atoms with Gasteiger partial charge in [-0.2, -0.15) is 0 Å². The second-order valence-corrected chi connectivity index (χ2v) is 5.19. The van der Waals surface area contributed by atoms with Crippen molar-refractivity contribution in [3.05, 3.63) is 36.0 Å². The summed E-state index contributed by atoms with van der Waals surface area (Å²) in [7, 11) is 0. The Morgan fingerprint density at radius 3 is 2.52 bits per heavy atom. The minimum Gasteiger partial charge on any atom is -0.481 e. The van der Waals surface area contributed by atoms with Gasteiger partial charge in [0.1, 0.15) is 6.04 Å². The fourth-order valence-electron chi connectivity index (χ4n) is 2.22. The molecule has 0 spiro atoms. The zero-order chi connectivity index (χ0) is 17.0. The Morgan fingerprint density at radius 2 is 1.91 bits per heavy atom. The summed E-state index contributed by atoms with van der Waals surface area (Å²) in [6, 6.07) is 6.76. The monoisotopic (exact) mass is 319 g/mol. The van der Waals surface area contributed by atoms with Crippen LogP contribution < -0.4 is 11.1 Å². The fraction of sp³-hybridized carbons (Fsp3) is 0.267. The first-order chi connectivity index (χ1) is 10.9. The van der Waals surface area contributed by atoms with Crippen molar-refractivity contribution in [2.45, 2.75) is 24.9 Å². The smallest absolute Gasteiger partial charge is 0.326 e. The Kier molecular flexibility index (Phi) is 4.97. The molecule has 2 atom stereocenters. The van der Waals surface area contributed by atoms with Crippen molar-refractivity contribution >= 4 is 28.7 Å². The maximum atomic E-state index is 11.8. The highest BCUT2D eigenvalue weighted by Gasteiger charge is 2.25. The Bertz CT molecular complexity index is 707. The molecule has 0 fully saturated rings. The molecule has 1 heterocycles. The van der Waals surface area contributed by atoms with Crippen molar-refractivity contribution < 1.29 is 24.6 Å². The molecular formula is C15H17N3O5. The summed E-state index contributed by atoms with van der Waals surface area (Å²) in [5, 5.41) is 21.0. The molecule has 1 aromatic carbocycles. The van der Waals surface area contributed by atoms with Crippen LogP contribution in [0.25, 0.3) is 10.9 Å². The molecule has 1 amide bonds. The van der Waals surface area contributed by atoms with Gasteiger partial charge in [0.25, 0.3) is 0 Å². The van der Waals surface area contributed by atoms with Crippen molar-refractivity contribution in [3.8, 4) is 0 Å². The molecule has 6 N–H and O–H groups in total. The lowest BCUT2D eigenvalue weighted by Crippen LogP contribution is -2.49. The van der Waals surface area contributed by atoms with E-state index in [1.807, 2.05) is 24.3 Å². The molecule has 8 nitrogen and oxygen atoms in total. The molecule has 2 rings (SSSR count). The van der Waals surface area contributed by atoms with E-state index < -0.39 is 36.4 Å². The molecule has 0 saturated heterocycles. The number of para-hydroxylation sites is 1. The van der Waals surface area contributed by atoms with Crippen LogP contribution in [0.15, 0.2) is 30.3 Å². The first kappa shape index (κ1) is 16.5. The average molecular weight is 319 g/mol. The number of amides is 1. The molecular weight excluding hydrogens is 302 g/mol. The number of carbonyl (C=O) groups excluding carboxylic acids is 1. The summed E-state index contributed by atoms with van der Waals surface area (Å²) in [5.74, 6) is -3.26. The molecule has 0 aliphatic carbocycles. The minimum absolute atomic E-state index is 0.0372. The van der Waals surface area contributed by atoms with Crippen LogP contribution in [0.2, 0.25) is 0 Å². The van der Waals surface area contributed by atoms with E-state index in [2.05, 4.69) is 10.3 Å². The van der Waals surface area contributed by atoms with Gasteiger partial charge in [-0.3, -0.25) is 9.59 Å². The lowest BCUT2D eigenvalue weighted by atomic mass is 10.1. The summed E-state index contributed by atoms with van der Waals surface area (Å²) in [5.41, 5.74) is 6.93. The maximum absolute atomic E-state index is 11.8. The lowest BCUT2D eigenvalue weighted by Gasteiger charge is -2.16. The first-order valence-electron chi connectivity index (χ1n) is 6.94. The van der Waals surface area contributed by atoms with Gasteiger partial charge in [0.05, 0.1) is 12.5 Å². The normalized spacial score (nSPS) is 13.4. The van der Waals surface area contributed by atoms with Gasteiger partial charge in [0.15, 0.2) is 0 Å². The molecule has 8 heteroatoms. The number of hydrogen-bond acceptors (Lipinski definition) is 4. The van der Waals surface area contributed by atoms with Crippen LogP contribution in [0.1, 0.15) is 12.1 Å². The number of aliphatic carboxylic acids is 2. The number of carboxylic acid groups (broad SMARTS) is 2. The summed E-state index contributed by atoms with van der Waals surface area (Å²) in [6.07, 6.45) is -0.528. The number of hydrogen-bond donors (Lipinski definition) is 5. The quantitative estimate of drug-likeness (QED) is 0.488. The molecule has 2 aromatic rings. The van der Waals surface area contributed by atoms with Crippen LogP contribution in [0.5, 0.6) is 0 Å². The van der Waals surface area contributed by atoms with Gasteiger partial charge < -0.3 is 26.2 Å². The Balaban J connectivity index is 2.08. The van der Waals surface area contributed by atoms with Crippen molar-refractivity contribution in [1.82, 2.24) is 10.3 Å². The minimum atomic E-state index is -1.29. The van der Waals surface area contributed by atoms with E-state index in [0.29, 0.717) is 5.69 Å². The van der Waals surface area contributed by atoms with Gasteiger partial charge in [-0.05, 0) is 17.5 Å². The number of nitrogens with one attached hydrogen (secondary N) is 2. The Morgan fingerprint density at radius 1 is 1.22 bits per heavy atom. The second-order valence-electron chi connectivity index (χ2n) is 5.19. The third-order valence-corrected chi connectivity index (χ3v) is 3.36. The number of H-pyrrole nitrogens is 1. The predicted octanol–water partition coefficient (Wildman–Crippen LogP) is 0.0818. The van der Waals surface area contributed by atoms with Gasteiger partial charge in [0.2, 0.25) is 5.91 Å². The average Bonchev–Trinajstić information content (AvgIpc) is 2.87. The van der Waals surface area contributed by atoms with Crippen LogP contribution in [0, 0.1) is 0 Å². The topological polar surface area (TPSA) is 146 Å². The number of aromatic nitrogens is 1. The molecule has 0 unspecified atom stereocenters. The molecule has 0 bridgehead atoms. The molecule has 0 aliphatic heterocycles. The van der Waals surface area contributed by atoms with Gasteiger partial charge in [-0.15, -0.1) is 0 Å². The van der Waals surface area contributed by atoms with Crippen molar-refractivity contribution in [2.75, 3.05) is 0 Å². The summed E-state index contributed by atoms with van der Waals surface area (Å²) < 4.78 is 0. The summed E-state index contributed by atoms with van der Waals surface area (Å²) >= 11 is 0. The number of benzene rings is 1. The Hall–Kier alpha value is -2.87. The highest BCUT2D eigenvalue weighted by Crippen LogP contribution is 2.15. The van der Waals surface area contributed by atoms with Crippen LogP contribution in [0.3, 0.4) is 0 Å². The first-order valence-corrected chi connectivity index (χ1v) is 6.94. The van der Waals surface area contributed by atoms with E-state index >= 15 is 0 Å². The third-order valence-electron chi connectivity index (χ3n) is 3.36.